The number of nitrogens with zero attached hydrogens (tertiary/aromatic N) is 3. The predicted octanol–water partition coefficient (Wildman–Crippen LogP) is 0.518. The van der Waals surface area contributed by atoms with Gasteiger partial charge in [-0.1, -0.05) is 0 Å². The van der Waals surface area contributed by atoms with E-state index in [0.717, 1.165) is 18.7 Å². The van der Waals surface area contributed by atoms with Crippen LogP contribution in [0.3, 0.4) is 0 Å². The number of carboxylic acid groups (broad SMARTS) is 1. The summed E-state index contributed by atoms with van der Waals surface area (Å²) < 4.78 is 10.4. The van der Waals surface area contributed by atoms with Gasteiger partial charge < -0.3 is 19.5 Å². The number of ether oxygens (including phenoxy) is 2. The first-order valence-corrected chi connectivity index (χ1v) is 6.56. The molecular weight excluding hydrogens is 262 g/mol. The Morgan fingerprint density at radius 1 is 1.60 bits per heavy atom. The second-order valence-electron chi connectivity index (χ2n) is 4.67. The summed E-state index contributed by atoms with van der Waals surface area (Å²) in [4.78, 5) is 21.1. The number of methoxy groups -OCH3 is 1. The quantitative estimate of drug-likeness (QED) is 0.779. The summed E-state index contributed by atoms with van der Waals surface area (Å²) in [5, 5.41) is 8.98. The minimum absolute atomic E-state index is 0.110. The molecule has 1 atom stereocenters. The van der Waals surface area contributed by atoms with Crippen molar-refractivity contribution in [2.75, 3.05) is 44.9 Å². The Bertz CT molecular complexity index is 449. The maximum atomic E-state index is 10.9. The van der Waals surface area contributed by atoms with Gasteiger partial charge in [-0.3, -0.25) is 4.79 Å². The van der Waals surface area contributed by atoms with Crippen LogP contribution < -0.4 is 4.90 Å². The van der Waals surface area contributed by atoms with Crippen LogP contribution in [0.15, 0.2) is 12.4 Å². The average molecular weight is 281 g/mol. The Labute approximate surface area is 117 Å². The lowest BCUT2D eigenvalue weighted by Gasteiger charge is -2.22. The summed E-state index contributed by atoms with van der Waals surface area (Å²) in [6, 6.07) is 1.85. The van der Waals surface area contributed by atoms with Gasteiger partial charge in [0, 0.05) is 32.2 Å². The van der Waals surface area contributed by atoms with E-state index >= 15 is 0 Å². The van der Waals surface area contributed by atoms with Gasteiger partial charge in [-0.15, -0.1) is 0 Å². The second-order valence-corrected chi connectivity index (χ2v) is 4.67. The van der Waals surface area contributed by atoms with Crippen LogP contribution in [0.25, 0.3) is 0 Å². The fourth-order valence-corrected chi connectivity index (χ4v) is 2.16. The molecule has 1 fully saturated rings. The van der Waals surface area contributed by atoms with Gasteiger partial charge in [0.25, 0.3) is 0 Å². The largest absolute Gasteiger partial charge is 0.480 e. The molecule has 0 saturated carbocycles. The molecule has 1 aromatic heterocycles. The number of carbonyl (C=O) groups is 1. The number of aromatic nitrogens is 2. The molecule has 0 aliphatic carbocycles. The summed E-state index contributed by atoms with van der Waals surface area (Å²) in [5.74, 6) is -0.0160. The molecule has 20 heavy (non-hydrogen) atoms. The number of hydrogen-bond acceptors (Lipinski definition) is 6. The first-order chi connectivity index (χ1) is 9.70. The highest BCUT2D eigenvalue weighted by Crippen LogP contribution is 2.25. The maximum absolute atomic E-state index is 10.9. The molecule has 2 heterocycles. The molecular formula is C13H19N3O4. The molecule has 1 saturated heterocycles. The zero-order valence-corrected chi connectivity index (χ0v) is 11.5. The van der Waals surface area contributed by atoms with E-state index in [-0.39, 0.29) is 12.5 Å². The lowest BCUT2D eigenvalue weighted by Crippen LogP contribution is -2.33. The van der Waals surface area contributed by atoms with Gasteiger partial charge in [-0.25, -0.2) is 9.97 Å². The molecule has 0 radical (unpaired) electrons. The summed E-state index contributed by atoms with van der Waals surface area (Å²) in [7, 11) is 1.58. The highest BCUT2D eigenvalue weighted by atomic mass is 16.5. The molecule has 7 heteroatoms. The van der Waals surface area contributed by atoms with Crippen molar-refractivity contribution < 1.29 is 19.4 Å². The van der Waals surface area contributed by atoms with Crippen LogP contribution in [0.1, 0.15) is 18.0 Å². The molecule has 110 valence electrons. The first-order valence-electron chi connectivity index (χ1n) is 6.56. The SMILES string of the molecule is COCCN(CC(=O)O)c1cc(C2CCOC2)ncn1. The first kappa shape index (κ1) is 14.7. The van der Waals surface area contributed by atoms with Crippen LogP contribution in [0, 0.1) is 0 Å². The molecule has 1 N–H and O–H groups in total. The average Bonchev–Trinajstić information content (AvgIpc) is 2.97. The monoisotopic (exact) mass is 281 g/mol. The zero-order chi connectivity index (χ0) is 14.4. The van der Waals surface area contributed by atoms with E-state index in [9.17, 15) is 4.79 Å². The van der Waals surface area contributed by atoms with Crippen LogP contribution >= 0.6 is 0 Å². The van der Waals surface area contributed by atoms with Crippen molar-refractivity contribution in [3.8, 4) is 0 Å². The highest BCUT2D eigenvalue weighted by Gasteiger charge is 2.21. The molecule has 0 aromatic carbocycles. The van der Waals surface area contributed by atoms with Crippen molar-refractivity contribution >= 4 is 11.8 Å². The smallest absolute Gasteiger partial charge is 0.323 e. The van der Waals surface area contributed by atoms with Crippen LogP contribution in [0.4, 0.5) is 5.82 Å². The normalized spacial score (nSPS) is 18.1. The number of hydrogen-bond donors (Lipinski definition) is 1. The van der Waals surface area contributed by atoms with E-state index in [1.165, 1.54) is 6.33 Å². The third-order valence-corrected chi connectivity index (χ3v) is 3.24. The van der Waals surface area contributed by atoms with E-state index < -0.39 is 5.97 Å². The molecule has 1 aliphatic rings. The molecule has 0 bridgehead atoms. The van der Waals surface area contributed by atoms with Crippen LogP contribution in [0.2, 0.25) is 0 Å². The molecule has 1 aromatic rings. The lowest BCUT2D eigenvalue weighted by molar-refractivity contribution is -0.135. The summed E-state index contributed by atoms with van der Waals surface area (Å²) in [6.07, 6.45) is 2.41. The summed E-state index contributed by atoms with van der Waals surface area (Å²) in [6.45, 7) is 2.21. The Hall–Kier alpha value is -1.73. The van der Waals surface area contributed by atoms with Gasteiger partial charge in [0.1, 0.15) is 18.7 Å². The zero-order valence-electron chi connectivity index (χ0n) is 11.5. The maximum Gasteiger partial charge on any atom is 0.323 e. The Morgan fingerprint density at radius 2 is 2.45 bits per heavy atom. The third kappa shape index (κ3) is 3.88. The molecule has 1 aliphatic heterocycles. The van der Waals surface area contributed by atoms with Crippen molar-refractivity contribution in [2.45, 2.75) is 12.3 Å². The Balaban J connectivity index is 2.14. The standard InChI is InChI=1S/C13H19N3O4/c1-19-5-3-16(7-13(17)18)12-6-11(14-9-15-12)10-2-4-20-8-10/h6,9-10H,2-5,7-8H2,1H3,(H,17,18). The van der Waals surface area contributed by atoms with E-state index in [1.807, 2.05) is 6.07 Å². The predicted molar refractivity (Wildman–Crippen MR) is 71.9 cm³/mol. The summed E-state index contributed by atoms with van der Waals surface area (Å²) in [5.41, 5.74) is 0.903. The third-order valence-electron chi connectivity index (χ3n) is 3.24. The Morgan fingerprint density at radius 3 is 3.10 bits per heavy atom. The minimum Gasteiger partial charge on any atom is -0.480 e. The van der Waals surface area contributed by atoms with Gasteiger partial charge in [0.15, 0.2) is 0 Å². The number of rotatable bonds is 7. The number of anilines is 1. The van der Waals surface area contributed by atoms with E-state index in [2.05, 4.69) is 9.97 Å². The molecule has 7 nitrogen and oxygen atoms in total. The van der Waals surface area contributed by atoms with Crippen molar-refractivity contribution in [1.29, 1.82) is 0 Å². The Kier molecular flexibility index (Phi) is 5.25. The molecule has 1 unspecified atom stereocenters. The van der Waals surface area contributed by atoms with E-state index in [0.29, 0.717) is 25.6 Å². The van der Waals surface area contributed by atoms with E-state index in [4.69, 9.17) is 14.6 Å². The van der Waals surface area contributed by atoms with Crippen molar-refractivity contribution in [3.63, 3.8) is 0 Å². The van der Waals surface area contributed by atoms with Crippen molar-refractivity contribution in [3.05, 3.63) is 18.1 Å². The minimum atomic E-state index is -0.898. The number of carboxylic acids is 1. The van der Waals surface area contributed by atoms with Crippen LogP contribution in [-0.4, -0.2) is 61.1 Å². The molecule has 2 rings (SSSR count). The van der Waals surface area contributed by atoms with Gasteiger partial charge in [0.05, 0.1) is 18.9 Å². The van der Waals surface area contributed by atoms with Crippen LogP contribution in [-0.2, 0) is 14.3 Å². The number of aliphatic carboxylic acids is 1. The fourth-order valence-electron chi connectivity index (χ4n) is 2.16. The van der Waals surface area contributed by atoms with Gasteiger partial charge in [-0.05, 0) is 6.42 Å². The van der Waals surface area contributed by atoms with E-state index in [1.54, 1.807) is 12.0 Å². The van der Waals surface area contributed by atoms with Crippen molar-refractivity contribution in [1.82, 2.24) is 9.97 Å². The second kappa shape index (κ2) is 7.16. The summed E-state index contributed by atoms with van der Waals surface area (Å²) >= 11 is 0. The lowest BCUT2D eigenvalue weighted by atomic mass is 10.0. The van der Waals surface area contributed by atoms with Crippen LogP contribution in [0.5, 0.6) is 0 Å². The topological polar surface area (TPSA) is 84.8 Å². The van der Waals surface area contributed by atoms with Gasteiger partial charge in [0.2, 0.25) is 0 Å². The molecule has 0 amide bonds. The highest BCUT2D eigenvalue weighted by molar-refractivity contribution is 5.73. The van der Waals surface area contributed by atoms with Crippen molar-refractivity contribution in [2.24, 2.45) is 0 Å². The van der Waals surface area contributed by atoms with Gasteiger partial charge in [-0.2, -0.15) is 0 Å². The molecule has 0 spiro atoms. The fraction of sp³-hybridized carbons (Fsp3) is 0.615. The van der Waals surface area contributed by atoms with Gasteiger partial charge >= 0.3 is 5.97 Å².